The molecule has 0 fully saturated rings. The maximum Gasteiger partial charge on any atom is 0.417 e. The van der Waals surface area contributed by atoms with Gasteiger partial charge in [0.2, 0.25) is 10.0 Å². The fourth-order valence-corrected chi connectivity index (χ4v) is 6.02. The van der Waals surface area contributed by atoms with Crippen molar-refractivity contribution in [2.24, 2.45) is 0 Å². The molecule has 0 saturated carbocycles. The Labute approximate surface area is 187 Å². The number of alkyl halides is 3. The van der Waals surface area contributed by atoms with Crippen LogP contribution < -0.4 is 4.72 Å². The van der Waals surface area contributed by atoms with Crippen molar-refractivity contribution in [3.8, 4) is 0 Å². The van der Waals surface area contributed by atoms with Crippen LogP contribution in [0, 0.1) is 0 Å². The highest BCUT2D eigenvalue weighted by molar-refractivity contribution is 7.91. The van der Waals surface area contributed by atoms with Crippen molar-refractivity contribution in [3.05, 3.63) is 90.4 Å². The summed E-state index contributed by atoms with van der Waals surface area (Å²) in [4.78, 5) is 2.86. The van der Waals surface area contributed by atoms with Crippen LogP contribution in [0.2, 0.25) is 0 Å². The molecule has 0 amide bonds. The van der Waals surface area contributed by atoms with Crippen LogP contribution in [0.3, 0.4) is 0 Å². The molecular weight excluding hydrogens is 479 g/mol. The molecule has 0 spiro atoms. The number of halogens is 3. The van der Waals surface area contributed by atoms with E-state index in [1.165, 1.54) is 36.7 Å². The zero-order valence-corrected chi connectivity index (χ0v) is 18.3. The third-order valence-corrected chi connectivity index (χ3v) is 7.95. The lowest BCUT2D eigenvalue weighted by molar-refractivity contribution is -0.136. The van der Waals surface area contributed by atoms with E-state index in [2.05, 4.69) is 9.71 Å². The van der Waals surface area contributed by atoms with E-state index in [-0.39, 0.29) is 11.4 Å². The summed E-state index contributed by atoms with van der Waals surface area (Å²) in [6, 6.07) is 13.0. The zero-order valence-electron chi connectivity index (χ0n) is 16.7. The Hall–Kier alpha value is -3.22. The number of nitrogens with zero attached hydrogens (tertiary/aromatic N) is 2. The van der Waals surface area contributed by atoms with Crippen molar-refractivity contribution in [3.63, 3.8) is 0 Å². The minimum absolute atomic E-state index is 0.202. The normalized spacial score (nSPS) is 12.8. The highest BCUT2D eigenvalue weighted by Gasteiger charge is 2.37. The first-order valence-corrected chi connectivity index (χ1v) is 12.3. The van der Waals surface area contributed by atoms with E-state index in [0.29, 0.717) is 21.8 Å². The van der Waals surface area contributed by atoms with Gasteiger partial charge in [0.25, 0.3) is 10.0 Å². The van der Waals surface area contributed by atoms with Crippen molar-refractivity contribution < 1.29 is 30.0 Å². The van der Waals surface area contributed by atoms with Gasteiger partial charge in [0, 0.05) is 30.5 Å². The number of hydrogen-bond donors (Lipinski definition) is 1. The fraction of sp³-hybridized carbons (Fsp3) is 0.0952. The number of nitrogens with one attached hydrogen (secondary N) is 1. The predicted molar refractivity (Wildman–Crippen MR) is 114 cm³/mol. The Morgan fingerprint density at radius 3 is 2.27 bits per heavy atom. The first-order valence-electron chi connectivity index (χ1n) is 9.42. The Kier molecular flexibility index (Phi) is 5.76. The van der Waals surface area contributed by atoms with Gasteiger partial charge in [0.15, 0.2) is 0 Å². The SMILES string of the molecule is O=S(=O)(NCc1cccnc1)c1cn(S(=O)(=O)c2ccccc2)c2cccc(C(F)(F)F)c12. The van der Waals surface area contributed by atoms with Crippen LogP contribution in [0.1, 0.15) is 11.1 Å². The molecule has 172 valence electrons. The van der Waals surface area contributed by atoms with E-state index in [0.717, 1.165) is 12.1 Å². The highest BCUT2D eigenvalue weighted by Crippen LogP contribution is 2.39. The molecule has 2 aromatic heterocycles. The second-order valence-corrected chi connectivity index (χ2v) is 10.5. The Morgan fingerprint density at radius 1 is 0.909 bits per heavy atom. The number of aromatic nitrogens is 2. The van der Waals surface area contributed by atoms with Crippen LogP contribution >= 0.6 is 0 Å². The molecule has 1 N–H and O–H groups in total. The Balaban J connectivity index is 1.94. The second kappa shape index (κ2) is 8.28. The predicted octanol–water partition coefficient (Wildman–Crippen LogP) is 3.77. The summed E-state index contributed by atoms with van der Waals surface area (Å²) in [6.45, 7) is -0.248. The van der Waals surface area contributed by atoms with Gasteiger partial charge in [-0.2, -0.15) is 13.2 Å². The van der Waals surface area contributed by atoms with Crippen molar-refractivity contribution in [1.82, 2.24) is 13.7 Å². The maximum atomic E-state index is 13.8. The van der Waals surface area contributed by atoms with Gasteiger partial charge >= 0.3 is 6.18 Å². The molecule has 0 bridgehead atoms. The number of benzene rings is 2. The van der Waals surface area contributed by atoms with Crippen molar-refractivity contribution in [2.45, 2.75) is 22.5 Å². The molecule has 0 aliphatic heterocycles. The van der Waals surface area contributed by atoms with Gasteiger partial charge in [0.05, 0.1) is 16.0 Å². The summed E-state index contributed by atoms with van der Waals surface area (Å²) >= 11 is 0. The molecule has 0 radical (unpaired) electrons. The fourth-order valence-electron chi connectivity index (χ4n) is 3.33. The average Bonchev–Trinajstić information content (AvgIpc) is 3.20. The summed E-state index contributed by atoms with van der Waals surface area (Å²) < 4.78 is 96.6. The summed E-state index contributed by atoms with van der Waals surface area (Å²) in [7, 11) is -8.94. The maximum absolute atomic E-state index is 13.8. The lowest BCUT2D eigenvalue weighted by Crippen LogP contribution is -2.23. The summed E-state index contributed by atoms with van der Waals surface area (Å²) in [5.41, 5.74) is -1.20. The molecule has 0 saturated heterocycles. The Bertz CT molecular complexity index is 1520. The zero-order chi connectivity index (χ0) is 23.9. The molecular formula is C21H16F3N3O4S2. The lowest BCUT2D eigenvalue weighted by atomic mass is 10.1. The van der Waals surface area contributed by atoms with Gasteiger partial charge in [-0.15, -0.1) is 0 Å². The van der Waals surface area contributed by atoms with E-state index in [1.807, 2.05) is 0 Å². The first-order chi connectivity index (χ1) is 15.5. The van der Waals surface area contributed by atoms with E-state index < -0.39 is 47.6 Å². The highest BCUT2D eigenvalue weighted by atomic mass is 32.2. The smallest absolute Gasteiger partial charge is 0.264 e. The van der Waals surface area contributed by atoms with Gasteiger partial charge < -0.3 is 0 Å². The van der Waals surface area contributed by atoms with Crippen molar-refractivity contribution in [2.75, 3.05) is 0 Å². The molecule has 0 atom stereocenters. The molecule has 7 nitrogen and oxygen atoms in total. The number of hydrogen-bond acceptors (Lipinski definition) is 5. The van der Waals surface area contributed by atoms with Crippen molar-refractivity contribution in [1.29, 1.82) is 0 Å². The number of pyridine rings is 1. The van der Waals surface area contributed by atoms with E-state index in [4.69, 9.17) is 0 Å². The molecule has 0 aliphatic carbocycles. The van der Waals surface area contributed by atoms with Crippen molar-refractivity contribution >= 4 is 30.9 Å². The molecule has 0 aliphatic rings. The quantitative estimate of drug-likeness (QED) is 0.439. The third kappa shape index (κ3) is 4.36. The van der Waals surface area contributed by atoms with Crippen LogP contribution in [-0.2, 0) is 32.8 Å². The Morgan fingerprint density at radius 2 is 1.64 bits per heavy atom. The average molecular weight is 496 g/mol. The van der Waals surface area contributed by atoms with Gasteiger partial charge in [-0.1, -0.05) is 30.3 Å². The monoisotopic (exact) mass is 495 g/mol. The van der Waals surface area contributed by atoms with Gasteiger partial charge in [-0.05, 0) is 35.9 Å². The van der Waals surface area contributed by atoms with E-state index >= 15 is 0 Å². The number of sulfonamides is 1. The number of rotatable bonds is 6. The molecule has 0 unspecified atom stereocenters. The van der Waals surface area contributed by atoms with Gasteiger partial charge in [-0.3, -0.25) is 4.98 Å². The van der Waals surface area contributed by atoms with Gasteiger partial charge in [-0.25, -0.2) is 25.5 Å². The molecule has 4 aromatic rings. The first kappa shape index (κ1) is 23.0. The summed E-state index contributed by atoms with van der Waals surface area (Å²) in [6.07, 6.45) is -1.34. The third-order valence-electron chi connectivity index (χ3n) is 4.84. The second-order valence-electron chi connectivity index (χ2n) is 6.99. The molecule has 12 heteroatoms. The molecule has 4 rings (SSSR count). The van der Waals surface area contributed by atoms with E-state index in [9.17, 15) is 30.0 Å². The molecule has 33 heavy (non-hydrogen) atoms. The minimum atomic E-state index is -4.92. The van der Waals surface area contributed by atoms with E-state index in [1.54, 1.807) is 18.2 Å². The minimum Gasteiger partial charge on any atom is -0.264 e. The van der Waals surface area contributed by atoms with Crippen LogP contribution in [0.4, 0.5) is 13.2 Å². The lowest BCUT2D eigenvalue weighted by Gasteiger charge is -2.11. The van der Waals surface area contributed by atoms with Gasteiger partial charge in [0.1, 0.15) is 4.90 Å². The largest absolute Gasteiger partial charge is 0.417 e. The topological polar surface area (TPSA) is 98.1 Å². The van der Waals surface area contributed by atoms with Crippen LogP contribution in [0.15, 0.2) is 89.0 Å². The van der Waals surface area contributed by atoms with Crippen LogP contribution in [-0.4, -0.2) is 25.8 Å². The van der Waals surface area contributed by atoms with Crippen LogP contribution in [0.5, 0.6) is 0 Å². The molecule has 2 heterocycles. The van der Waals surface area contributed by atoms with Crippen LogP contribution in [0.25, 0.3) is 10.9 Å². The molecule has 2 aromatic carbocycles. The summed E-state index contributed by atoms with van der Waals surface area (Å²) in [5, 5.41) is -0.733. The number of fused-ring (bicyclic) bond motifs is 1. The standard InChI is InChI=1S/C21H16F3N3O4S2/c22-21(23,24)17-9-4-10-18-20(17)19(32(28,29)26-13-15-6-5-11-25-12-15)14-27(18)33(30,31)16-7-2-1-3-8-16/h1-12,14,26H,13H2. The summed E-state index contributed by atoms with van der Waals surface area (Å²) in [5.74, 6) is 0.